The molecule has 0 radical (unpaired) electrons. The van der Waals surface area contributed by atoms with Crippen molar-refractivity contribution in [2.24, 2.45) is 11.8 Å². The number of hydrogen-bond acceptors (Lipinski definition) is 11. The van der Waals surface area contributed by atoms with Crippen molar-refractivity contribution in [1.29, 1.82) is 0 Å². The van der Waals surface area contributed by atoms with Crippen LogP contribution in [0.4, 0.5) is 18.0 Å². The number of urea groups is 1. The van der Waals surface area contributed by atoms with Gasteiger partial charge in [0.25, 0.3) is 5.56 Å². The van der Waals surface area contributed by atoms with Crippen LogP contribution in [0.2, 0.25) is 0 Å². The van der Waals surface area contributed by atoms with Gasteiger partial charge in [-0.05, 0) is 106 Å². The van der Waals surface area contributed by atoms with Crippen LogP contribution in [0.3, 0.4) is 0 Å². The highest BCUT2D eigenvalue weighted by atomic mass is 19.4. The zero-order valence-electron chi connectivity index (χ0n) is 40.2. The minimum atomic E-state index is -5.08. The number of fused-ring (bicyclic) bond motifs is 16. The van der Waals surface area contributed by atoms with Gasteiger partial charge in [0.2, 0.25) is 5.91 Å². The van der Waals surface area contributed by atoms with E-state index in [1.165, 1.54) is 4.57 Å². The van der Waals surface area contributed by atoms with Crippen LogP contribution in [0, 0.1) is 18.8 Å². The first-order valence-electron chi connectivity index (χ1n) is 24.0. The van der Waals surface area contributed by atoms with E-state index >= 15 is 0 Å². The fourth-order valence-corrected chi connectivity index (χ4v) is 9.68. The number of aliphatic carboxylic acids is 1. The number of para-hydroxylation sites is 1. The largest absolute Gasteiger partial charge is 0.490 e. The van der Waals surface area contributed by atoms with Gasteiger partial charge in [-0.1, -0.05) is 50.3 Å². The molecule has 7 bridgehead atoms. The Labute approximate surface area is 404 Å². The number of ether oxygens (including phenoxy) is 2. The quantitative estimate of drug-likeness (QED) is 0.186. The van der Waals surface area contributed by atoms with E-state index in [9.17, 15) is 37.1 Å². The van der Waals surface area contributed by atoms with Crippen LogP contribution in [0.5, 0.6) is 0 Å². The maximum absolute atomic E-state index is 14.5. The minimum absolute atomic E-state index is 0.0576. The van der Waals surface area contributed by atoms with Crippen LogP contribution < -0.4 is 10.9 Å². The number of rotatable bonds is 2. The first-order chi connectivity index (χ1) is 33.4. The second-order valence-corrected chi connectivity index (χ2v) is 19.0. The van der Waals surface area contributed by atoms with Crippen molar-refractivity contribution in [3.63, 3.8) is 0 Å². The summed E-state index contributed by atoms with van der Waals surface area (Å²) < 4.78 is 46.3. The Bertz CT molecular complexity index is 2630. The van der Waals surface area contributed by atoms with Crippen LogP contribution >= 0.6 is 0 Å². The molecule has 2 aromatic carbocycles. The molecule has 70 heavy (non-hydrogen) atoms. The first-order valence-corrected chi connectivity index (χ1v) is 24.0. The predicted molar refractivity (Wildman–Crippen MR) is 253 cm³/mol. The van der Waals surface area contributed by atoms with Crippen molar-refractivity contribution in [2.75, 3.05) is 59.4 Å². The summed E-state index contributed by atoms with van der Waals surface area (Å²) in [6, 6.07) is 12.9. The molecule has 3 saturated heterocycles. The van der Waals surface area contributed by atoms with Gasteiger partial charge in [-0.3, -0.25) is 28.6 Å². The summed E-state index contributed by atoms with van der Waals surface area (Å²) in [7, 11) is 2.17. The highest BCUT2D eigenvalue weighted by molar-refractivity contribution is 5.88. The van der Waals surface area contributed by atoms with Crippen molar-refractivity contribution >= 4 is 51.7 Å². The third kappa shape index (κ3) is 12.7. The minimum Gasteiger partial charge on any atom is -0.475 e. The highest BCUT2D eigenvalue weighted by Crippen LogP contribution is 2.29. The number of esters is 2. The molecule has 0 spiro atoms. The van der Waals surface area contributed by atoms with Crippen molar-refractivity contribution in [3.8, 4) is 0 Å². The Balaban J connectivity index is 0.000000959. The Morgan fingerprint density at radius 2 is 1.41 bits per heavy atom. The van der Waals surface area contributed by atoms with Crippen LogP contribution in [-0.4, -0.2) is 147 Å². The van der Waals surface area contributed by atoms with E-state index in [1.807, 2.05) is 72.6 Å². The van der Waals surface area contributed by atoms with Crippen LogP contribution in [0.15, 0.2) is 65.6 Å². The normalized spacial score (nSPS) is 23.8. The molecular weight excluding hydrogens is 914 g/mol. The molecule has 378 valence electrons. The first kappa shape index (κ1) is 51.6. The van der Waals surface area contributed by atoms with E-state index in [0.717, 1.165) is 66.4 Å². The van der Waals surface area contributed by atoms with Gasteiger partial charge in [0.1, 0.15) is 6.04 Å². The molecule has 3 amide bonds. The predicted octanol–water partition coefficient (Wildman–Crippen LogP) is 5.66. The lowest BCUT2D eigenvalue weighted by atomic mass is 9.89. The van der Waals surface area contributed by atoms with E-state index in [2.05, 4.69) is 22.2 Å². The molecule has 20 heteroatoms. The Morgan fingerprint density at radius 3 is 2.04 bits per heavy atom. The van der Waals surface area contributed by atoms with Crippen LogP contribution in [-0.2, 0) is 48.5 Å². The number of nitrogens with one attached hydrogen (secondary N) is 1. The molecule has 9 rings (SSSR count). The Hall–Kier alpha value is -6.28. The number of alkyl halides is 3. The molecule has 2 unspecified atom stereocenters. The molecule has 2 aromatic heterocycles. The number of carbonyl (C=O) groups is 5. The van der Waals surface area contributed by atoms with Gasteiger partial charge in [-0.25, -0.2) is 14.3 Å². The maximum Gasteiger partial charge on any atom is 0.490 e. The lowest BCUT2D eigenvalue weighted by Crippen LogP contribution is -2.59. The van der Waals surface area contributed by atoms with E-state index in [1.54, 1.807) is 23.4 Å². The third-order valence-electron chi connectivity index (χ3n) is 13.9. The average molecular weight is 977 g/mol. The molecule has 2 N–H and O–H groups in total. The molecule has 17 nitrogen and oxygen atoms in total. The van der Waals surface area contributed by atoms with Gasteiger partial charge >= 0.3 is 30.1 Å². The summed E-state index contributed by atoms with van der Waals surface area (Å²) >= 11 is 0. The van der Waals surface area contributed by atoms with Gasteiger partial charge in [0.05, 0.1) is 22.9 Å². The number of aromatic nitrogens is 3. The van der Waals surface area contributed by atoms with Crippen molar-refractivity contribution in [3.05, 3.63) is 87.9 Å². The SMILES string of the molecule is Cc1cc2cc3cn(nc13)COC(=O)C(C)C/C=C\CC(C)C(=O)OCn1c(=O)c(cc3ccccc31)C1CCN(CC1)C(=O)N[C@H](C(=O)N1CCN(C3CCN(C)CC3)CC1)C2.O=C(O)C(F)(F)F. The zero-order chi connectivity index (χ0) is 50.3. The third-order valence-corrected chi connectivity index (χ3v) is 13.9. The van der Waals surface area contributed by atoms with Crippen LogP contribution in [0.25, 0.3) is 21.8 Å². The second-order valence-electron chi connectivity index (χ2n) is 19.0. The summed E-state index contributed by atoms with van der Waals surface area (Å²) in [6.45, 7) is 11.0. The number of piperazine rings is 1. The molecule has 3 atom stereocenters. The smallest absolute Gasteiger partial charge is 0.475 e. The number of carboxylic acid groups (broad SMARTS) is 1. The molecule has 3 fully saturated rings. The second kappa shape index (κ2) is 22.6. The number of allylic oxidation sites excluding steroid dienone is 2. The molecule has 0 saturated carbocycles. The van der Waals surface area contributed by atoms with Crippen molar-refractivity contribution in [2.45, 2.75) is 103 Å². The molecule has 0 aliphatic carbocycles. The number of carboxylic acids is 1. The van der Waals surface area contributed by atoms with Crippen molar-refractivity contribution < 1.29 is 51.7 Å². The maximum atomic E-state index is 14.5. The fourth-order valence-electron chi connectivity index (χ4n) is 9.68. The number of hydrogen-bond donors (Lipinski definition) is 2. The Kier molecular flexibility index (Phi) is 16.7. The fraction of sp³-hybridized carbons (Fsp3) is 0.540. The van der Waals surface area contributed by atoms with E-state index in [4.69, 9.17) is 24.5 Å². The topological polar surface area (TPSA) is 189 Å². The molecule has 5 aliphatic heterocycles. The van der Waals surface area contributed by atoms with Gasteiger partial charge in [0.15, 0.2) is 13.5 Å². The number of piperidine rings is 2. The Morgan fingerprint density at radius 1 is 0.800 bits per heavy atom. The highest BCUT2D eigenvalue weighted by Gasteiger charge is 2.38. The van der Waals surface area contributed by atoms with E-state index in [-0.39, 0.29) is 49.3 Å². The van der Waals surface area contributed by atoms with Gasteiger partial charge < -0.3 is 34.6 Å². The number of benzene rings is 2. The van der Waals surface area contributed by atoms with Gasteiger partial charge in [-0.2, -0.15) is 18.3 Å². The average Bonchev–Trinajstić information content (AvgIpc) is 3.77. The molecule has 7 heterocycles. The van der Waals surface area contributed by atoms with Crippen LogP contribution in [0.1, 0.15) is 75.0 Å². The van der Waals surface area contributed by atoms with Crippen molar-refractivity contribution in [1.82, 2.24) is 39.3 Å². The summed E-state index contributed by atoms with van der Waals surface area (Å²) in [6.07, 6.45) is 5.02. The van der Waals surface area contributed by atoms with Gasteiger partial charge in [0, 0.05) is 68.9 Å². The number of pyridine rings is 1. The standard InChI is InChI=1S/C48H62N8O7.C2HF3O2/c1-32-9-5-6-10-33(2)47(60)63-31-56-42-12-8-7-11-37(42)28-40(44(56)57)36-13-19-54(20-14-36)48(61)49-41(45(58)53-23-21-52(22-24-53)39-15-17-51(4)18-16-39)27-35-25-34(3)43-38(26-35)29-55(50-43)30-62-46(32)59;3-2(4,5)1(6)7/h5-8,11-12,25-26,28-29,32-33,36,39,41H,9-10,13-24,27,30-31H2,1-4H3,(H,49,61);(H,6,7)/b6-5-;/t32?,33?,41-;/m0./s1. The summed E-state index contributed by atoms with van der Waals surface area (Å²) in [5.74, 6) is -4.66. The zero-order valence-corrected chi connectivity index (χ0v) is 40.2. The number of likely N-dealkylation sites (tertiary alicyclic amines) is 1. The number of nitrogens with zero attached hydrogens (tertiary/aromatic N) is 7. The number of aryl methyl sites for hydroxylation is 1. The number of carbonyl (C=O) groups excluding carboxylic acids is 4. The lowest BCUT2D eigenvalue weighted by Gasteiger charge is -2.43. The van der Waals surface area contributed by atoms with E-state index in [0.29, 0.717) is 69.0 Å². The number of amides is 3. The summed E-state index contributed by atoms with van der Waals surface area (Å²) in [5, 5.41) is 16.7. The lowest BCUT2D eigenvalue weighted by molar-refractivity contribution is -0.192. The molecular formula is C50H63F3N8O9. The molecule has 4 aromatic rings. The molecule has 5 aliphatic rings. The van der Waals surface area contributed by atoms with E-state index < -0.39 is 36.0 Å². The van der Waals surface area contributed by atoms with Gasteiger partial charge in [-0.15, -0.1) is 0 Å². The number of halogens is 3. The summed E-state index contributed by atoms with van der Waals surface area (Å²) in [5.41, 5.74) is 3.64. The monoisotopic (exact) mass is 976 g/mol. The summed E-state index contributed by atoms with van der Waals surface area (Å²) in [4.78, 5) is 86.5.